The Labute approximate surface area is 173 Å². The molecule has 30 heavy (non-hydrogen) atoms. The van der Waals surface area contributed by atoms with Crippen molar-refractivity contribution in [3.63, 3.8) is 0 Å². The second kappa shape index (κ2) is 8.93. The molecule has 0 aromatic heterocycles. The maximum Gasteiger partial charge on any atom is 0.327 e. The van der Waals surface area contributed by atoms with E-state index in [0.717, 1.165) is 24.2 Å². The first-order valence-corrected chi connectivity index (χ1v) is 9.77. The first kappa shape index (κ1) is 21.3. The van der Waals surface area contributed by atoms with Crippen molar-refractivity contribution < 1.29 is 28.7 Å². The number of rotatable bonds is 5. The smallest absolute Gasteiger partial charge is 0.327 e. The summed E-state index contributed by atoms with van der Waals surface area (Å²) < 4.78 is 5.27. The highest BCUT2D eigenvalue weighted by Gasteiger charge is 2.51. The van der Waals surface area contributed by atoms with Gasteiger partial charge in [0.25, 0.3) is 11.8 Å². The Balaban J connectivity index is 1.71. The number of nitrogens with zero attached hydrogens (tertiary/aromatic N) is 1. The van der Waals surface area contributed by atoms with Gasteiger partial charge in [0, 0.05) is 12.6 Å². The number of esters is 1. The van der Waals surface area contributed by atoms with Crippen molar-refractivity contribution >= 4 is 29.8 Å². The van der Waals surface area contributed by atoms with Crippen LogP contribution in [0, 0.1) is 0 Å². The van der Waals surface area contributed by atoms with Crippen LogP contribution in [-0.4, -0.2) is 53.9 Å². The van der Waals surface area contributed by atoms with Crippen LogP contribution in [0.4, 0.5) is 9.59 Å². The van der Waals surface area contributed by atoms with Crippen molar-refractivity contribution in [2.24, 2.45) is 0 Å². The molecule has 0 bridgehead atoms. The van der Waals surface area contributed by atoms with E-state index in [0.29, 0.717) is 18.4 Å². The predicted molar refractivity (Wildman–Crippen MR) is 104 cm³/mol. The van der Waals surface area contributed by atoms with E-state index >= 15 is 0 Å². The minimum atomic E-state index is -1.42. The molecule has 1 aromatic rings. The third-order valence-corrected chi connectivity index (χ3v) is 5.29. The van der Waals surface area contributed by atoms with Gasteiger partial charge in [-0.3, -0.25) is 24.6 Å². The van der Waals surface area contributed by atoms with Crippen molar-refractivity contribution in [1.29, 1.82) is 0 Å². The van der Waals surface area contributed by atoms with Crippen molar-refractivity contribution in [1.82, 2.24) is 20.9 Å². The topological polar surface area (TPSA) is 134 Å². The van der Waals surface area contributed by atoms with E-state index in [2.05, 4.69) is 16.0 Å². The van der Waals surface area contributed by atoms with E-state index in [1.807, 2.05) is 0 Å². The molecule has 2 aliphatic rings. The number of carbonyl (C=O) groups is 5. The van der Waals surface area contributed by atoms with Crippen molar-refractivity contribution in [3.8, 4) is 0 Å². The number of ether oxygens (including phenoxy) is 1. The molecule has 1 saturated heterocycles. The zero-order valence-electron chi connectivity index (χ0n) is 16.6. The molecule has 3 rings (SSSR count). The predicted octanol–water partition coefficient (Wildman–Crippen LogP) is 0.981. The molecule has 1 aliphatic heterocycles. The number of hydrogen-bond donors (Lipinski definition) is 3. The van der Waals surface area contributed by atoms with Crippen LogP contribution in [0.5, 0.6) is 0 Å². The van der Waals surface area contributed by atoms with Crippen LogP contribution in [0.1, 0.15) is 43.8 Å². The fourth-order valence-corrected chi connectivity index (χ4v) is 3.75. The number of nitrogens with one attached hydrogen (secondary N) is 3. The van der Waals surface area contributed by atoms with Crippen LogP contribution in [0.15, 0.2) is 30.3 Å². The second-order valence-corrected chi connectivity index (χ2v) is 7.31. The Morgan fingerprint density at radius 2 is 1.80 bits per heavy atom. The SMILES string of the molecule is CNC(=O)NC(=O)C(OC(=O)CN1C(=O)NC2(CCCCC2)C1=O)c1ccccc1. The third-order valence-electron chi connectivity index (χ3n) is 5.29. The highest BCUT2D eigenvalue weighted by atomic mass is 16.5. The monoisotopic (exact) mass is 416 g/mol. The minimum absolute atomic E-state index is 0.341. The molecule has 1 unspecified atom stereocenters. The van der Waals surface area contributed by atoms with Crippen LogP contribution in [-0.2, 0) is 19.1 Å². The summed E-state index contributed by atoms with van der Waals surface area (Å²) in [5, 5.41) is 7.02. The summed E-state index contributed by atoms with van der Waals surface area (Å²) in [6.07, 6.45) is 2.28. The fourth-order valence-electron chi connectivity index (χ4n) is 3.75. The average Bonchev–Trinajstić information content (AvgIpc) is 2.96. The zero-order chi connectivity index (χ0) is 21.7. The lowest BCUT2D eigenvalue weighted by atomic mass is 9.82. The van der Waals surface area contributed by atoms with Gasteiger partial charge in [0.15, 0.2) is 0 Å². The molecular weight excluding hydrogens is 392 g/mol. The molecule has 1 aliphatic carbocycles. The van der Waals surface area contributed by atoms with E-state index < -0.39 is 48.0 Å². The van der Waals surface area contributed by atoms with Gasteiger partial charge in [0.2, 0.25) is 6.10 Å². The number of hydrogen-bond acceptors (Lipinski definition) is 6. The van der Waals surface area contributed by atoms with Gasteiger partial charge in [0.1, 0.15) is 12.1 Å². The molecule has 1 spiro atoms. The highest BCUT2D eigenvalue weighted by Crippen LogP contribution is 2.33. The van der Waals surface area contributed by atoms with Crippen molar-refractivity contribution in [3.05, 3.63) is 35.9 Å². The van der Waals surface area contributed by atoms with Crippen LogP contribution in [0.2, 0.25) is 0 Å². The van der Waals surface area contributed by atoms with Gasteiger partial charge in [-0.1, -0.05) is 49.6 Å². The molecule has 1 aromatic carbocycles. The quantitative estimate of drug-likeness (QED) is 0.484. The second-order valence-electron chi connectivity index (χ2n) is 7.31. The maximum atomic E-state index is 12.8. The van der Waals surface area contributed by atoms with E-state index in [9.17, 15) is 24.0 Å². The normalized spacial score (nSPS) is 18.5. The lowest BCUT2D eigenvalue weighted by molar-refractivity contribution is -0.158. The lowest BCUT2D eigenvalue weighted by Crippen LogP contribution is -2.48. The summed E-state index contributed by atoms with van der Waals surface area (Å²) in [7, 11) is 1.34. The summed E-state index contributed by atoms with van der Waals surface area (Å²) in [6, 6.07) is 6.73. The highest BCUT2D eigenvalue weighted by molar-refractivity contribution is 6.09. The molecule has 160 valence electrons. The van der Waals surface area contributed by atoms with Gasteiger partial charge >= 0.3 is 18.0 Å². The van der Waals surface area contributed by atoms with Crippen LogP contribution < -0.4 is 16.0 Å². The van der Waals surface area contributed by atoms with Gasteiger partial charge in [-0.25, -0.2) is 9.59 Å². The fraction of sp³-hybridized carbons (Fsp3) is 0.450. The molecule has 2 fully saturated rings. The van der Waals surface area contributed by atoms with Crippen LogP contribution in [0.3, 0.4) is 0 Å². The van der Waals surface area contributed by atoms with Crippen molar-refractivity contribution in [2.45, 2.75) is 43.7 Å². The Bertz CT molecular complexity index is 850. The zero-order valence-corrected chi connectivity index (χ0v) is 16.6. The molecule has 3 N–H and O–H groups in total. The summed E-state index contributed by atoms with van der Waals surface area (Å²) in [4.78, 5) is 62.4. The molecule has 10 nitrogen and oxygen atoms in total. The maximum absolute atomic E-state index is 12.8. The lowest BCUT2D eigenvalue weighted by Gasteiger charge is -2.30. The number of urea groups is 2. The molecule has 6 amide bonds. The van der Waals surface area contributed by atoms with Gasteiger partial charge in [-0.2, -0.15) is 0 Å². The molecule has 1 saturated carbocycles. The third kappa shape index (κ3) is 4.42. The van der Waals surface area contributed by atoms with E-state index in [-0.39, 0.29) is 0 Å². The summed E-state index contributed by atoms with van der Waals surface area (Å²) in [6.45, 7) is -0.622. The summed E-state index contributed by atoms with van der Waals surface area (Å²) in [5.74, 6) is -2.24. The van der Waals surface area contributed by atoms with E-state index in [4.69, 9.17) is 4.74 Å². The van der Waals surface area contributed by atoms with Crippen LogP contribution >= 0.6 is 0 Å². The Morgan fingerprint density at radius 3 is 2.43 bits per heavy atom. The number of carbonyl (C=O) groups excluding carboxylic acids is 5. The Kier molecular flexibility index (Phi) is 6.34. The largest absolute Gasteiger partial charge is 0.446 e. The molecular formula is C20H24N4O6. The van der Waals surface area contributed by atoms with Crippen molar-refractivity contribution in [2.75, 3.05) is 13.6 Å². The van der Waals surface area contributed by atoms with Gasteiger partial charge in [0.05, 0.1) is 0 Å². The minimum Gasteiger partial charge on any atom is -0.446 e. The standard InChI is InChI=1S/C20H24N4O6/c1-21-18(28)22-16(26)15(13-8-4-2-5-9-13)30-14(25)12-24-17(27)20(23-19(24)29)10-6-3-7-11-20/h2,4-5,8-9,15H,3,6-7,10-12H2,1H3,(H,23,29)(H2,21,22,26,28). The molecule has 1 atom stereocenters. The molecule has 10 heteroatoms. The number of imide groups is 2. The Morgan fingerprint density at radius 1 is 1.13 bits per heavy atom. The van der Waals surface area contributed by atoms with Gasteiger partial charge in [-0.15, -0.1) is 0 Å². The average molecular weight is 416 g/mol. The number of benzene rings is 1. The Hall–Kier alpha value is -3.43. The van der Waals surface area contributed by atoms with E-state index in [1.165, 1.54) is 7.05 Å². The number of amides is 6. The van der Waals surface area contributed by atoms with Gasteiger partial charge in [-0.05, 0) is 12.8 Å². The van der Waals surface area contributed by atoms with Crippen LogP contribution in [0.25, 0.3) is 0 Å². The molecule has 1 heterocycles. The van der Waals surface area contributed by atoms with Gasteiger partial charge < -0.3 is 15.4 Å². The summed E-state index contributed by atoms with van der Waals surface area (Å²) in [5.41, 5.74) is -0.612. The van der Waals surface area contributed by atoms with E-state index in [1.54, 1.807) is 30.3 Å². The molecule has 0 radical (unpaired) electrons. The first-order chi connectivity index (χ1) is 14.4. The summed E-state index contributed by atoms with van der Waals surface area (Å²) >= 11 is 0. The first-order valence-electron chi connectivity index (χ1n) is 9.77.